The molecule has 2 saturated heterocycles. The van der Waals surface area contributed by atoms with Gasteiger partial charge in [-0.05, 0) is 44.7 Å². The standard InChI is InChI=1S/C14H27N3O/c1-11(13-4-3-5-15-10-13)8-14(18)17-7-6-16-9-12(17)2/h11-13,15-16H,3-10H2,1-2H3/t11?,12-,13?/m0/s1. The third kappa shape index (κ3) is 3.45. The van der Waals surface area contributed by atoms with Crippen LogP contribution in [-0.2, 0) is 4.79 Å². The summed E-state index contributed by atoms with van der Waals surface area (Å²) in [4.78, 5) is 14.4. The monoisotopic (exact) mass is 253 g/mol. The molecule has 2 rings (SSSR count). The summed E-state index contributed by atoms with van der Waals surface area (Å²) in [7, 11) is 0. The van der Waals surface area contributed by atoms with Crippen LogP contribution in [0.4, 0.5) is 0 Å². The summed E-state index contributed by atoms with van der Waals surface area (Å²) in [5, 5.41) is 6.77. The predicted octanol–water partition coefficient (Wildman–Crippen LogP) is 0.833. The highest BCUT2D eigenvalue weighted by atomic mass is 16.2. The van der Waals surface area contributed by atoms with Gasteiger partial charge in [0.15, 0.2) is 0 Å². The molecule has 2 heterocycles. The summed E-state index contributed by atoms with van der Waals surface area (Å²) < 4.78 is 0. The zero-order valence-corrected chi connectivity index (χ0v) is 11.7. The van der Waals surface area contributed by atoms with Crippen LogP contribution < -0.4 is 10.6 Å². The van der Waals surface area contributed by atoms with Crippen molar-refractivity contribution in [2.75, 3.05) is 32.7 Å². The molecule has 2 aliphatic rings. The van der Waals surface area contributed by atoms with E-state index in [1.165, 1.54) is 12.8 Å². The van der Waals surface area contributed by atoms with E-state index in [0.717, 1.165) is 39.1 Å². The number of amides is 1. The van der Waals surface area contributed by atoms with E-state index in [0.29, 0.717) is 23.8 Å². The van der Waals surface area contributed by atoms with Crippen molar-refractivity contribution >= 4 is 5.91 Å². The van der Waals surface area contributed by atoms with Gasteiger partial charge in [-0.2, -0.15) is 0 Å². The molecule has 2 N–H and O–H groups in total. The quantitative estimate of drug-likeness (QED) is 0.783. The average Bonchev–Trinajstić information content (AvgIpc) is 2.40. The lowest BCUT2D eigenvalue weighted by Gasteiger charge is -2.36. The van der Waals surface area contributed by atoms with Gasteiger partial charge < -0.3 is 15.5 Å². The average molecular weight is 253 g/mol. The minimum atomic E-state index is 0.349. The number of carbonyl (C=O) groups excluding carboxylic acids is 1. The summed E-state index contributed by atoms with van der Waals surface area (Å²) in [6.07, 6.45) is 3.25. The molecule has 0 bridgehead atoms. The highest BCUT2D eigenvalue weighted by Crippen LogP contribution is 2.23. The van der Waals surface area contributed by atoms with Crippen LogP contribution in [-0.4, -0.2) is 49.6 Å². The van der Waals surface area contributed by atoms with E-state index in [1.807, 2.05) is 0 Å². The minimum absolute atomic E-state index is 0.349. The van der Waals surface area contributed by atoms with Crippen molar-refractivity contribution < 1.29 is 4.79 Å². The zero-order chi connectivity index (χ0) is 13.0. The van der Waals surface area contributed by atoms with Crippen molar-refractivity contribution in [3.05, 3.63) is 0 Å². The third-order valence-electron chi connectivity index (χ3n) is 4.46. The lowest BCUT2D eigenvalue weighted by atomic mass is 9.85. The van der Waals surface area contributed by atoms with E-state index in [1.54, 1.807) is 0 Å². The van der Waals surface area contributed by atoms with Gasteiger partial charge in [0.05, 0.1) is 0 Å². The molecule has 0 radical (unpaired) electrons. The molecule has 1 amide bonds. The maximum atomic E-state index is 12.3. The summed E-state index contributed by atoms with van der Waals surface area (Å²) in [5.74, 6) is 1.54. The van der Waals surface area contributed by atoms with Gasteiger partial charge >= 0.3 is 0 Å². The number of hydrogen-bond acceptors (Lipinski definition) is 3. The van der Waals surface area contributed by atoms with Crippen molar-refractivity contribution in [3.8, 4) is 0 Å². The molecule has 104 valence electrons. The molecule has 0 aromatic rings. The van der Waals surface area contributed by atoms with Crippen molar-refractivity contribution in [1.29, 1.82) is 0 Å². The lowest BCUT2D eigenvalue weighted by Crippen LogP contribution is -2.52. The molecule has 0 spiro atoms. The second-order valence-electron chi connectivity index (χ2n) is 5.93. The Labute approximate surface area is 110 Å². The Kier molecular flexibility index (Phi) is 5.01. The SMILES string of the molecule is CC(CC(=O)N1CCNC[C@@H]1C)C1CCCNC1. The van der Waals surface area contributed by atoms with Crippen LogP contribution in [0.5, 0.6) is 0 Å². The van der Waals surface area contributed by atoms with Gasteiger partial charge in [-0.25, -0.2) is 0 Å². The van der Waals surface area contributed by atoms with E-state index in [2.05, 4.69) is 29.4 Å². The Bertz CT molecular complexity index is 276. The lowest BCUT2D eigenvalue weighted by molar-refractivity contribution is -0.135. The summed E-state index contributed by atoms with van der Waals surface area (Å²) >= 11 is 0. The highest BCUT2D eigenvalue weighted by Gasteiger charge is 2.27. The Morgan fingerprint density at radius 1 is 1.33 bits per heavy atom. The molecule has 2 fully saturated rings. The summed E-state index contributed by atoms with van der Waals surface area (Å²) in [6.45, 7) is 9.35. The van der Waals surface area contributed by atoms with E-state index >= 15 is 0 Å². The fourth-order valence-electron chi connectivity index (χ4n) is 3.14. The fraction of sp³-hybridized carbons (Fsp3) is 0.929. The van der Waals surface area contributed by atoms with Gasteiger partial charge in [0, 0.05) is 32.1 Å². The predicted molar refractivity (Wildman–Crippen MR) is 73.4 cm³/mol. The van der Waals surface area contributed by atoms with Crippen molar-refractivity contribution in [2.45, 2.75) is 39.2 Å². The maximum Gasteiger partial charge on any atom is 0.223 e. The molecular formula is C14H27N3O. The van der Waals surface area contributed by atoms with Gasteiger partial charge in [-0.1, -0.05) is 6.92 Å². The molecule has 4 nitrogen and oxygen atoms in total. The van der Waals surface area contributed by atoms with E-state index in [9.17, 15) is 4.79 Å². The minimum Gasteiger partial charge on any atom is -0.337 e. The first kappa shape index (κ1) is 13.8. The second kappa shape index (κ2) is 6.53. The summed E-state index contributed by atoms with van der Waals surface area (Å²) in [5.41, 5.74) is 0. The number of piperidine rings is 1. The van der Waals surface area contributed by atoms with Crippen LogP contribution in [0.3, 0.4) is 0 Å². The number of carbonyl (C=O) groups is 1. The molecule has 3 atom stereocenters. The normalized spacial score (nSPS) is 31.1. The van der Waals surface area contributed by atoms with Crippen molar-refractivity contribution in [2.24, 2.45) is 11.8 Å². The zero-order valence-electron chi connectivity index (χ0n) is 11.7. The first-order valence-corrected chi connectivity index (χ1v) is 7.39. The van der Waals surface area contributed by atoms with Crippen molar-refractivity contribution in [1.82, 2.24) is 15.5 Å². The molecule has 18 heavy (non-hydrogen) atoms. The number of nitrogens with zero attached hydrogens (tertiary/aromatic N) is 1. The highest BCUT2D eigenvalue weighted by molar-refractivity contribution is 5.77. The van der Waals surface area contributed by atoms with Gasteiger partial charge in [-0.3, -0.25) is 4.79 Å². The van der Waals surface area contributed by atoms with Crippen LogP contribution in [0.2, 0.25) is 0 Å². The van der Waals surface area contributed by atoms with Crippen LogP contribution >= 0.6 is 0 Å². The molecule has 0 aromatic carbocycles. The molecule has 2 unspecified atom stereocenters. The Morgan fingerprint density at radius 2 is 2.11 bits per heavy atom. The molecular weight excluding hydrogens is 226 g/mol. The topological polar surface area (TPSA) is 44.4 Å². The van der Waals surface area contributed by atoms with E-state index < -0.39 is 0 Å². The van der Waals surface area contributed by atoms with E-state index in [-0.39, 0.29) is 0 Å². The fourth-order valence-corrected chi connectivity index (χ4v) is 3.14. The largest absolute Gasteiger partial charge is 0.337 e. The molecule has 2 aliphatic heterocycles. The molecule has 4 heteroatoms. The third-order valence-corrected chi connectivity index (χ3v) is 4.46. The van der Waals surface area contributed by atoms with Crippen LogP contribution in [0.15, 0.2) is 0 Å². The first-order valence-electron chi connectivity index (χ1n) is 7.39. The smallest absolute Gasteiger partial charge is 0.223 e. The summed E-state index contributed by atoms with van der Waals surface area (Å²) in [6, 6.07) is 0.350. The number of piperazine rings is 1. The van der Waals surface area contributed by atoms with Gasteiger partial charge in [0.1, 0.15) is 0 Å². The molecule has 0 aliphatic carbocycles. The van der Waals surface area contributed by atoms with Gasteiger partial charge in [0.25, 0.3) is 0 Å². The Morgan fingerprint density at radius 3 is 2.78 bits per heavy atom. The Hall–Kier alpha value is -0.610. The Balaban J connectivity index is 1.81. The number of hydrogen-bond donors (Lipinski definition) is 2. The van der Waals surface area contributed by atoms with Gasteiger partial charge in [0.2, 0.25) is 5.91 Å². The maximum absolute atomic E-state index is 12.3. The first-order chi connectivity index (χ1) is 8.68. The van der Waals surface area contributed by atoms with Gasteiger partial charge in [-0.15, -0.1) is 0 Å². The van der Waals surface area contributed by atoms with Crippen molar-refractivity contribution in [3.63, 3.8) is 0 Å². The number of nitrogens with one attached hydrogen (secondary N) is 2. The van der Waals surface area contributed by atoms with Crippen LogP contribution in [0.25, 0.3) is 0 Å². The second-order valence-corrected chi connectivity index (χ2v) is 5.93. The van der Waals surface area contributed by atoms with Crippen LogP contribution in [0.1, 0.15) is 33.1 Å². The molecule has 0 saturated carbocycles. The number of rotatable bonds is 3. The molecule has 0 aromatic heterocycles. The van der Waals surface area contributed by atoms with Crippen LogP contribution in [0, 0.1) is 11.8 Å². The van der Waals surface area contributed by atoms with E-state index in [4.69, 9.17) is 0 Å².